The molecule has 0 unspecified atom stereocenters. The summed E-state index contributed by atoms with van der Waals surface area (Å²) in [7, 11) is 2.98. The molecule has 0 saturated heterocycles. The van der Waals surface area contributed by atoms with Crippen molar-refractivity contribution in [3.05, 3.63) is 17.2 Å². The Labute approximate surface area is 126 Å². The van der Waals surface area contributed by atoms with E-state index in [9.17, 15) is 13.2 Å². The summed E-state index contributed by atoms with van der Waals surface area (Å²) in [6.07, 6.45) is -3.87. The Morgan fingerprint density at radius 1 is 1.14 bits per heavy atom. The second kappa shape index (κ2) is 8.19. The van der Waals surface area contributed by atoms with Crippen molar-refractivity contribution in [1.82, 2.24) is 0 Å². The van der Waals surface area contributed by atoms with Crippen molar-refractivity contribution in [2.24, 2.45) is 0 Å². The van der Waals surface area contributed by atoms with Gasteiger partial charge in [0.2, 0.25) is 0 Å². The molecule has 1 aromatic carbocycles. The predicted octanol–water partition coefficient (Wildman–Crippen LogP) is 3.74. The molecule has 0 bridgehead atoms. The molecule has 8 heteroatoms. The SMILES string of the molecule is COc1cc(NCCCOCC(F)(F)F)c(OC)cc1Cl. The van der Waals surface area contributed by atoms with Crippen molar-refractivity contribution in [2.75, 3.05) is 39.3 Å². The summed E-state index contributed by atoms with van der Waals surface area (Å²) in [6.45, 7) is -0.788. The number of anilines is 1. The van der Waals surface area contributed by atoms with E-state index in [0.717, 1.165) is 0 Å². The molecule has 120 valence electrons. The molecule has 0 aromatic heterocycles. The normalized spacial score (nSPS) is 11.3. The van der Waals surface area contributed by atoms with Crippen LogP contribution in [0.4, 0.5) is 18.9 Å². The predicted molar refractivity (Wildman–Crippen MR) is 74.5 cm³/mol. The lowest BCUT2D eigenvalue weighted by atomic mass is 10.2. The van der Waals surface area contributed by atoms with Crippen LogP contribution >= 0.6 is 11.6 Å². The molecule has 21 heavy (non-hydrogen) atoms. The van der Waals surface area contributed by atoms with Crippen LogP contribution in [0.3, 0.4) is 0 Å². The molecule has 4 nitrogen and oxygen atoms in total. The first-order valence-electron chi connectivity index (χ1n) is 6.17. The summed E-state index contributed by atoms with van der Waals surface area (Å²) in [6, 6.07) is 3.26. The molecular formula is C13H17ClF3NO3. The Morgan fingerprint density at radius 2 is 1.81 bits per heavy atom. The maximum atomic E-state index is 11.9. The van der Waals surface area contributed by atoms with Gasteiger partial charge in [-0.05, 0) is 6.42 Å². The van der Waals surface area contributed by atoms with Gasteiger partial charge in [0.1, 0.15) is 18.1 Å². The minimum Gasteiger partial charge on any atom is -0.495 e. The Balaban J connectivity index is 2.44. The van der Waals surface area contributed by atoms with Gasteiger partial charge in [-0.3, -0.25) is 0 Å². The van der Waals surface area contributed by atoms with Crippen LogP contribution in [0.5, 0.6) is 11.5 Å². The van der Waals surface area contributed by atoms with Crippen LogP contribution in [-0.4, -0.2) is 40.2 Å². The first kappa shape index (κ1) is 17.7. The van der Waals surface area contributed by atoms with E-state index in [1.807, 2.05) is 0 Å². The molecule has 0 spiro atoms. The van der Waals surface area contributed by atoms with Crippen LogP contribution in [0.15, 0.2) is 12.1 Å². The fourth-order valence-electron chi connectivity index (χ4n) is 1.58. The van der Waals surface area contributed by atoms with Gasteiger partial charge in [0.25, 0.3) is 0 Å². The summed E-state index contributed by atoms with van der Waals surface area (Å²) >= 11 is 5.97. The molecule has 0 aliphatic carbocycles. The lowest BCUT2D eigenvalue weighted by molar-refractivity contribution is -0.173. The molecule has 1 rings (SSSR count). The summed E-state index contributed by atoms with van der Waals surface area (Å²) in [5, 5.41) is 3.45. The van der Waals surface area contributed by atoms with Gasteiger partial charge in [-0.1, -0.05) is 11.6 Å². The minimum atomic E-state index is -4.29. The van der Waals surface area contributed by atoms with Crippen LogP contribution < -0.4 is 14.8 Å². The Hall–Kier alpha value is -1.34. The number of hydrogen-bond donors (Lipinski definition) is 1. The average Bonchev–Trinajstić information content (AvgIpc) is 2.42. The molecule has 0 amide bonds. The van der Waals surface area contributed by atoms with Gasteiger partial charge in [-0.15, -0.1) is 0 Å². The van der Waals surface area contributed by atoms with E-state index < -0.39 is 12.8 Å². The van der Waals surface area contributed by atoms with Crippen molar-refractivity contribution < 1.29 is 27.4 Å². The van der Waals surface area contributed by atoms with Gasteiger partial charge >= 0.3 is 6.18 Å². The second-order valence-corrected chi connectivity index (χ2v) is 4.54. The number of rotatable bonds is 8. The first-order chi connectivity index (χ1) is 9.87. The zero-order valence-electron chi connectivity index (χ0n) is 11.7. The van der Waals surface area contributed by atoms with E-state index in [4.69, 9.17) is 21.1 Å². The smallest absolute Gasteiger partial charge is 0.411 e. The number of nitrogens with one attached hydrogen (secondary N) is 1. The molecular weight excluding hydrogens is 311 g/mol. The third kappa shape index (κ3) is 6.31. The number of methoxy groups -OCH3 is 2. The number of hydrogen-bond acceptors (Lipinski definition) is 4. The highest BCUT2D eigenvalue weighted by atomic mass is 35.5. The Kier molecular flexibility index (Phi) is 6.91. The van der Waals surface area contributed by atoms with Crippen molar-refractivity contribution in [2.45, 2.75) is 12.6 Å². The van der Waals surface area contributed by atoms with E-state index in [0.29, 0.717) is 35.2 Å². The van der Waals surface area contributed by atoms with Gasteiger partial charge in [-0.2, -0.15) is 13.2 Å². The number of ether oxygens (including phenoxy) is 3. The zero-order chi connectivity index (χ0) is 15.9. The topological polar surface area (TPSA) is 39.7 Å². The fourth-order valence-corrected chi connectivity index (χ4v) is 1.81. The minimum absolute atomic E-state index is 0.0134. The third-order valence-electron chi connectivity index (χ3n) is 2.52. The largest absolute Gasteiger partial charge is 0.495 e. The molecule has 0 heterocycles. The molecule has 0 aliphatic heterocycles. The highest BCUT2D eigenvalue weighted by Crippen LogP contribution is 2.35. The Bertz CT molecular complexity index is 455. The van der Waals surface area contributed by atoms with E-state index in [-0.39, 0.29) is 6.61 Å². The number of alkyl halides is 3. The van der Waals surface area contributed by atoms with Crippen LogP contribution in [-0.2, 0) is 4.74 Å². The van der Waals surface area contributed by atoms with Crippen LogP contribution in [0.2, 0.25) is 5.02 Å². The molecule has 1 aromatic rings. The fraction of sp³-hybridized carbons (Fsp3) is 0.538. The van der Waals surface area contributed by atoms with Crippen LogP contribution in [0.25, 0.3) is 0 Å². The maximum absolute atomic E-state index is 11.9. The van der Waals surface area contributed by atoms with Crippen molar-refractivity contribution >= 4 is 17.3 Å². The quantitative estimate of drug-likeness (QED) is 0.738. The highest BCUT2D eigenvalue weighted by Gasteiger charge is 2.27. The van der Waals surface area contributed by atoms with Gasteiger partial charge in [-0.25, -0.2) is 0 Å². The molecule has 0 fully saturated rings. The van der Waals surface area contributed by atoms with E-state index >= 15 is 0 Å². The summed E-state index contributed by atoms with van der Waals surface area (Å²) in [5.41, 5.74) is 0.648. The molecule has 0 saturated carbocycles. The van der Waals surface area contributed by atoms with Crippen LogP contribution in [0, 0.1) is 0 Å². The maximum Gasteiger partial charge on any atom is 0.411 e. The van der Waals surface area contributed by atoms with Crippen LogP contribution in [0.1, 0.15) is 6.42 Å². The summed E-state index contributed by atoms with van der Waals surface area (Å²) < 4.78 is 50.4. The lowest BCUT2D eigenvalue weighted by Crippen LogP contribution is -2.18. The van der Waals surface area contributed by atoms with Gasteiger partial charge in [0.15, 0.2) is 0 Å². The van der Waals surface area contributed by atoms with Gasteiger partial charge < -0.3 is 19.5 Å². The summed E-state index contributed by atoms with van der Waals surface area (Å²) in [5.74, 6) is 1.00. The van der Waals surface area contributed by atoms with E-state index in [1.165, 1.54) is 14.2 Å². The van der Waals surface area contributed by atoms with Crippen molar-refractivity contribution in [3.8, 4) is 11.5 Å². The van der Waals surface area contributed by atoms with Gasteiger partial charge in [0.05, 0.1) is 24.9 Å². The molecule has 1 N–H and O–H groups in total. The standard InChI is InChI=1S/C13H17ClF3NO3/c1-19-11-7-10(12(20-2)6-9(11)14)18-4-3-5-21-8-13(15,16)17/h6-7,18H,3-5,8H2,1-2H3. The third-order valence-corrected chi connectivity index (χ3v) is 2.82. The van der Waals surface area contributed by atoms with Crippen molar-refractivity contribution in [3.63, 3.8) is 0 Å². The zero-order valence-corrected chi connectivity index (χ0v) is 12.5. The van der Waals surface area contributed by atoms with E-state index in [2.05, 4.69) is 10.1 Å². The molecule has 0 aliphatic rings. The monoisotopic (exact) mass is 327 g/mol. The Morgan fingerprint density at radius 3 is 2.38 bits per heavy atom. The van der Waals surface area contributed by atoms with E-state index in [1.54, 1.807) is 12.1 Å². The average molecular weight is 328 g/mol. The lowest BCUT2D eigenvalue weighted by Gasteiger charge is -2.14. The number of halogens is 4. The number of benzene rings is 1. The first-order valence-corrected chi connectivity index (χ1v) is 6.55. The summed E-state index contributed by atoms with van der Waals surface area (Å²) in [4.78, 5) is 0. The van der Waals surface area contributed by atoms with Crippen molar-refractivity contribution in [1.29, 1.82) is 0 Å². The highest BCUT2D eigenvalue weighted by molar-refractivity contribution is 6.32. The van der Waals surface area contributed by atoms with Gasteiger partial charge in [0, 0.05) is 25.3 Å². The molecule has 0 radical (unpaired) electrons. The second-order valence-electron chi connectivity index (χ2n) is 4.14. The molecule has 0 atom stereocenters.